The van der Waals surface area contributed by atoms with Gasteiger partial charge in [0.05, 0.1) is 0 Å². The van der Waals surface area contributed by atoms with E-state index in [9.17, 15) is 4.79 Å². The summed E-state index contributed by atoms with van der Waals surface area (Å²) in [5, 5.41) is 3.25. The highest BCUT2D eigenvalue weighted by Crippen LogP contribution is 2.18. The second-order valence-corrected chi connectivity index (χ2v) is 7.55. The molecule has 24 heavy (non-hydrogen) atoms. The molecule has 1 aliphatic heterocycles. The zero-order chi connectivity index (χ0) is 16.6. The first-order valence-corrected chi connectivity index (χ1v) is 9.93. The zero-order valence-electron chi connectivity index (χ0n) is 14.9. The highest BCUT2D eigenvalue weighted by atomic mass is 16.1. The SMILES string of the molecule is O=C(NC1CCCCCCC1)c1ccc(CN2CCCCC2)cc1. The van der Waals surface area contributed by atoms with Gasteiger partial charge in [-0.2, -0.15) is 0 Å². The Balaban J connectivity index is 1.51. The van der Waals surface area contributed by atoms with Gasteiger partial charge in [0.2, 0.25) is 0 Å². The summed E-state index contributed by atoms with van der Waals surface area (Å²) in [7, 11) is 0. The van der Waals surface area contributed by atoms with Gasteiger partial charge in [0.25, 0.3) is 5.91 Å². The van der Waals surface area contributed by atoms with Crippen LogP contribution in [0.2, 0.25) is 0 Å². The smallest absolute Gasteiger partial charge is 0.251 e. The van der Waals surface area contributed by atoms with Crippen LogP contribution in [0, 0.1) is 0 Å². The number of amides is 1. The fourth-order valence-corrected chi connectivity index (χ4v) is 4.01. The molecule has 132 valence electrons. The van der Waals surface area contributed by atoms with Crippen molar-refractivity contribution in [3.8, 4) is 0 Å². The zero-order valence-corrected chi connectivity index (χ0v) is 14.9. The summed E-state index contributed by atoms with van der Waals surface area (Å²) in [6.45, 7) is 3.44. The largest absolute Gasteiger partial charge is 0.349 e. The van der Waals surface area contributed by atoms with Gasteiger partial charge < -0.3 is 5.32 Å². The van der Waals surface area contributed by atoms with E-state index >= 15 is 0 Å². The molecule has 1 amide bonds. The van der Waals surface area contributed by atoms with Crippen LogP contribution in [0.3, 0.4) is 0 Å². The first kappa shape index (κ1) is 17.5. The minimum Gasteiger partial charge on any atom is -0.349 e. The number of piperidine rings is 1. The molecule has 1 aliphatic carbocycles. The third kappa shape index (κ3) is 5.34. The van der Waals surface area contributed by atoms with Crippen molar-refractivity contribution in [2.75, 3.05) is 13.1 Å². The van der Waals surface area contributed by atoms with E-state index in [1.165, 1.54) is 70.0 Å². The summed E-state index contributed by atoms with van der Waals surface area (Å²) in [6, 6.07) is 8.61. The molecule has 1 aromatic rings. The van der Waals surface area contributed by atoms with Crippen LogP contribution in [0.5, 0.6) is 0 Å². The van der Waals surface area contributed by atoms with Gasteiger partial charge in [-0.15, -0.1) is 0 Å². The molecule has 2 aliphatic rings. The molecular formula is C21H32N2O. The molecule has 0 radical (unpaired) electrons. The lowest BCUT2D eigenvalue weighted by Gasteiger charge is -2.26. The number of hydrogen-bond acceptors (Lipinski definition) is 2. The van der Waals surface area contributed by atoms with Crippen LogP contribution in [-0.4, -0.2) is 29.9 Å². The number of nitrogens with zero attached hydrogens (tertiary/aromatic N) is 1. The van der Waals surface area contributed by atoms with Crippen molar-refractivity contribution >= 4 is 5.91 Å². The van der Waals surface area contributed by atoms with Crippen molar-refractivity contribution in [2.24, 2.45) is 0 Å². The maximum absolute atomic E-state index is 12.5. The second-order valence-electron chi connectivity index (χ2n) is 7.55. The normalized spacial score (nSPS) is 21.0. The van der Waals surface area contributed by atoms with E-state index in [-0.39, 0.29) is 5.91 Å². The third-order valence-corrected chi connectivity index (χ3v) is 5.51. The molecule has 0 bridgehead atoms. The van der Waals surface area contributed by atoms with Crippen molar-refractivity contribution in [1.82, 2.24) is 10.2 Å². The molecule has 0 spiro atoms. The number of likely N-dealkylation sites (tertiary alicyclic amines) is 1. The van der Waals surface area contributed by atoms with Crippen molar-refractivity contribution in [3.05, 3.63) is 35.4 Å². The average molecular weight is 329 g/mol. The third-order valence-electron chi connectivity index (χ3n) is 5.51. The summed E-state index contributed by atoms with van der Waals surface area (Å²) in [4.78, 5) is 15.0. The van der Waals surface area contributed by atoms with Crippen LogP contribution in [0.1, 0.15) is 80.1 Å². The summed E-state index contributed by atoms with van der Waals surface area (Å²) >= 11 is 0. The van der Waals surface area contributed by atoms with E-state index in [0.29, 0.717) is 6.04 Å². The predicted molar refractivity (Wildman–Crippen MR) is 99.1 cm³/mol. The summed E-state index contributed by atoms with van der Waals surface area (Å²) in [5.41, 5.74) is 2.12. The Kier molecular flexibility index (Phi) is 6.71. The van der Waals surface area contributed by atoms with Gasteiger partial charge in [0, 0.05) is 18.2 Å². The lowest BCUT2D eigenvalue weighted by atomic mass is 9.96. The van der Waals surface area contributed by atoms with E-state index in [2.05, 4.69) is 22.3 Å². The van der Waals surface area contributed by atoms with E-state index in [0.717, 1.165) is 24.9 Å². The highest BCUT2D eigenvalue weighted by molar-refractivity contribution is 5.94. The number of nitrogens with one attached hydrogen (secondary N) is 1. The van der Waals surface area contributed by atoms with Gasteiger partial charge in [0.15, 0.2) is 0 Å². The van der Waals surface area contributed by atoms with Gasteiger partial charge in [-0.05, 0) is 56.5 Å². The molecule has 0 unspecified atom stereocenters. The fraction of sp³-hybridized carbons (Fsp3) is 0.667. The Hall–Kier alpha value is -1.35. The number of benzene rings is 1. The van der Waals surface area contributed by atoms with Crippen molar-refractivity contribution in [2.45, 2.75) is 76.8 Å². The topological polar surface area (TPSA) is 32.3 Å². The van der Waals surface area contributed by atoms with Crippen LogP contribution in [0.25, 0.3) is 0 Å². The van der Waals surface area contributed by atoms with Crippen LogP contribution in [0.15, 0.2) is 24.3 Å². The first-order valence-electron chi connectivity index (χ1n) is 9.93. The van der Waals surface area contributed by atoms with Crippen LogP contribution < -0.4 is 5.32 Å². The van der Waals surface area contributed by atoms with Crippen molar-refractivity contribution < 1.29 is 4.79 Å². The summed E-state index contributed by atoms with van der Waals surface area (Å²) < 4.78 is 0. The Bertz CT molecular complexity index is 497. The first-order chi connectivity index (χ1) is 11.8. The number of rotatable bonds is 4. The lowest BCUT2D eigenvalue weighted by Crippen LogP contribution is -2.35. The predicted octanol–water partition coefficient (Wildman–Crippen LogP) is 4.52. The standard InChI is InChI=1S/C21H32N2O/c24-21(22-20-9-5-2-1-3-6-10-20)19-13-11-18(12-14-19)17-23-15-7-4-8-16-23/h11-14,20H,1-10,15-17H2,(H,22,24). The Morgan fingerprint density at radius 3 is 2.12 bits per heavy atom. The minimum atomic E-state index is 0.102. The monoisotopic (exact) mass is 328 g/mol. The average Bonchev–Trinajstić information content (AvgIpc) is 2.59. The number of carbonyl (C=O) groups is 1. The number of hydrogen-bond donors (Lipinski definition) is 1. The molecule has 3 nitrogen and oxygen atoms in total. The molecular weight excluding hydrogens is 296 g/mol. The van der Waals surface area contributed by atoms with Gasteiger partial charge in [0.1, 0.15) is 0 Å². The molecule has 3 rings (SSSR count). The second kappa shape index (κ2) is 9.22. The van der Waals surface area contributed by atoms with Gasteiger partial charge >= 0.3 is 0 Å². The van der Waals surface area contributed by atoms with E-state index in [1.54, 1.807) is 0 Å². The van der Waals surface area contributed by atoms with Crippen LogP contribution >= 0.6 is 0 Å². The highest BCUT2D eigenvalue weighted by Gasteiger charge is 2.15. The molecule has 1 saturated carbocycles. The van der Waals surface area contributed by atoms with Crippen molar-refractivity contribution in [3.63, 3.8) is 0 Å². The lowest BCUT2D eigenvalue weighted by molar-refractivity contribution is 0.0930. The van der Waals surface area contributed by atoms with Crippen LogP contribution in [0.4, 0.5) is 0 Å². The molecule has 2 fully saturated rings. The molecule has 0 atom stereocenters. The Labute approximate surface area is 146 Å². The molecule has 1 aromatic carbocycles. The van der Waals surface area contributed by atoms with Gasteiger partial charge in [-0.3, -0.25) is 9.69 Å². The van der Waals surface area contributed by atoms with Gasteiger partial charge in [-0.25, -0.2) is 0 Å². The quantitative estimate of drug-likeness (QED) is 0.881. The Morgan fingerprint density at radius 2 is 1.46 bits per heavy atom. The van der Waals surface area contributed by atoms with E-state index in [1.807, 2.05) is 12.1 Å². The van der Waals surface area contributed by atoms with E-state index in [4.69, 9.17) is 0 Å². The van der Waals surface area contributed by atoms with Crippen molar-refractivity contribution in [1.29, 1.82) is 0 Å². The van der Waals surface area contributed by atoms with Crippen LogP contribution in [-0.2, 0) is 6.54 Å². The molecule has 1 heterocycles. The fourth-order valence-electron chi connectivity index (χ4n) is 4.01. The summed E-state index contributed by atoms with van der Waals surface area (Å²) in [6.07, 6.45) is 12.8. The molecule has 1 N–H and O–H groups in total. The molecule has 1 saturated heterocycles. The summed E-state index contributed by atoms with van der Waals surface area (Å²) in [5.74, 6) is 0.102. The van der Waals surface area contributed by atoms with Gasteiger partial charge in [-0.1, -0.05) is 50.7 Å². The number of carbonyl (C=O) groups excluding carboxylic acids is 1. The maximum atomic E-state index is 12.5. The Morgan fingerprint density at radius 1 is 0.875 bits per heavy atom. The maximum Gasteiger partial charge on any atom is 0.251 e. The minimum absolute atomic E-state index is 0.102. The van der Waals surface area contributed by atoms with E-state index < -0.39 is 0 Å². The molecule has 3 heteroatoms. The molecule has 0 aromatic heterocycles.